The van der Waals surface area contributed by atoms with Crippen LogP contribution in [0.1, 0.15) is 10.5 Å². The first-order valence-corrected chi connectivity index (χ1v) is 4.73. The molecule has 0 aliphatic rings. The molecule has 76 valence electrons. The van der Waals surface area contributed by atoms with E-state index in [4.69, 9.17) is 5.11 Å². The van der Waals surface area contributed by atoms with Crippen LogP contribution in [0.2, 0.25) is 0 Å². The maximum absolute atomic E-state index is 12.6. The van der Waals surface area contributed by atoms with Crippen LogP contribution in [0.15, 0.2) is 24.3 Å². The maximum atomic E-state index is 12.6. The minimum absolute atomic E-state index is 0.105. The lowest BCUT2D eigenvalue weighted by molar-refractivity contribution is 0.0692. The second-order valence-electron chi connectivity index (χ2n) is 2.77. The summed E-state index contributed by atoms with van der Waals surface area (Å²) in [6.07, 6.45) is 0. The van der Waals surface area contributed by atoms with Crippen LogP contribution in [0.25, 0.3) is 11.3 Å². The molecular formula is C9H5FN2O2S. The summed E-state index contributed by atoms with van der Waals surface area (Å²) in [7, 11) is 0. The van der Waals surface area contributed by atoms with E-state index < -0.39 is 5.97 Å². The Bertz CT molecular complexity index is 495. The third-order valence-electron chi connectivity index (χ3n) is 1.81. The van der Waals surface area contributed by atoms with Crippen molar-refractivity contribution in [1.82, 2.24) is 8.75 Å². The van der Waals surface area contributed by atoms with Gasteiger partial charge in [0, 0.05) is 5.56 Å². The molecule has 0 spiro atoms. The molecule has 4 nitrogen and oxygen atoms in total. The highest BCUT2D eigenvalue weighted by molar-refractivity contribution is 6.99. The summed E-state index contributed by atoms with van der Waals surface area (Å²) < 4.78 is 20.2. The van der Waals surface area contributed by atoms with Gasteiger partial charge in [0.05, 0.1) is 11.7 Å². The average Bonchev–Trinajstić information content (AvgIpc) is 2.67. The minimum Gasteiger partial charge on any atom is -0.476 e. The Hall–Kier alpha value is -1.82. The molecule has 0 unspecified atom stereocenters. The zero-order valence-electron chi connectivity index (χ0n) is 7.35. The van der Waals surface area contributed by atoms with E-state index in [0.717, 1.165) is 11.7 Å². The number of carbonyl (C=O) groups is 1. The number of hydrogen-bond donors (Lipinski definition) is 1. The normalized spacial score (nSPS) is 10.2. The molecule has 1 heterocycles. The van der Waals surface area contributed by atoms with E-state index in [-0.39, 0.29) is 17.2 Å². The summed E-state index contributed by atoms with van der Waals surface area (Å²) in [5.74, 6) is -1.51. The van der Waals surface area contributed by atoms with Crippen LogP contribution in [0.5, 0.6) is 0 Å². The molecule has 2 rings (SSSR count). The molecule has 15 heavy (non-hydrogen) atoms. The molecule has 1 aromatic carbocycles. The van der Waals surface area contributed by atoms with Gasteiger partial charge in [0.15, 0.2) is 5.69 Å². The van der Waals surface area contributed by atoms with Crippen molar-refractivity contribution in [2.75, 3.05) is 0 Å². The van der Waals surface area contributed by atoms with Crippen molar-refractivity contribution in [2.45, 2.75) is 0 Å². The Morgan fingerprint density at radius 1 is 1.27 bits per heavy atom. The largest absolute Gasteiger partial charge is 0.476 e. The fourth-order valence-corrected chi connectivity index (χ4v) is 1.69. The Kier molecular flexibility index (Phi) is 2.42. The fourth-order valence-electron chi connectivity index (χ4n) is 1.13. The molecule has 0 radical (unpaired) electrons. The first kappa shape index (κ1) is 9.72. The number of carboxylic acids is 1. The molecule has 6 heteroatoms. The van der Waals surface area contributed by atoms with Crippen LogP contribution in [0, 0.1) is 5.82 Å². The van der Waals surface area contributed by atoms with Crippen molar-refractivity contribution < 1.29 is 14.3 Å². The van der Waals surface area contributed by atoms with Gasteiger partial charge in [-0.15, -0.1) is 0 Å². The van der Waals surface area contributed by atoms with Crippen LogP contribution < -0.4 is 0 Å². The summed E-state index contributed by atoms with van der Waals surface area (Å²) in [5, 5.41) is 8.80. The van der Waals surface area contributed by atoms with Crippen molar-refractivity contribution >= 4 is 17.7 Å². The first-order chi connectivity index (χ1) is 7.18. The van der Waals surface area contributed by atoms with Gasteiger partial charge in [0.1, 0.15) is 11.5 Å². The summed E-state index contributed by atoms with van der Waals surface area (Å²) in [4.78, 5) is 10.8. The molecule has 0 saturated carbocycles. The van der Waals surface area contributed by atoms with Gasteiger partial charge in [-0.2, -0.15) is 8.75 Å². The smallest absolute Gasteiger partial charge is 0.357 e. The van der Waals surface area contributed by atoms with E-state index in [1.807, 2.05) is 0 Å². The molecule has 1 N–H and O–H groups in total. The van der Waals surface area contributed by atoms with Crippen molar-refractivity contribution in [1.29, 1.82) is 0 Å². The number of hydrogen-bond acceptors (Lipinski definition) is 4. The van der Waals surface area contributed by atoms with Crippen LogP contribution in [-0.2, 0) is 0 Å². The molecule has 0 saturated heterocycles. The maximum Gasteiger partial charge on any atom is 0.357 e. The van der Waals surface area contributed by atoms with Crippen molar-refractivity contribution in [2.24, 2.45) is 0 Å². The molecular weight excluding hydrogens is 219 g/mol. The fraction of sp³-hybridized carbons (Fsp3) is 0. The molecule has 0 atom stereocenters. The number of carboxylic acid groups (broad SMARTS) is 1. The van der Waals surface area contributed by atoms with Crippen molar-refractivity contribution in [3.05, 3.63) is 35.8 Å². The van der Waals surface area contributed by atoms with Crippen LogP contribution in [0.4, 0.5) is 4.39 Å². The second kappa shape index (κ2) is 3.74. The van der Waals surface area contributed by atoms with Gasteiger partial charge in [0.2, 0.25) is 0 Å². The Morgan fingerprint density at radius 3 is 2.53 bits per heavy atom. The lowest BCUT2D eigenvalue weighted by Gasteiger charge is -1.96. The molecule has 0 aliphatic carbocycles. The summed E-state index contributed by atoms with van der Waals surface area (Å²) >= 11 is 0.819. The summed E-state index contributed by atoms with van der Waals surface area (Å²) in [6, 6.07) is 5.44. The molecule has 0 fully saturated rings. The first-order valence-electron chi connectivity index (χ1n) is 4.00. The number of benzene rings is 1. The number of aromatic nitrogens is 2. The highest BCUT2D eigenvalue weighted by atomic mass is 32.1. The van der Waals surface area contributed by atoms with E-state index >= 15 is 0 Å². The predicted molar refractivity (Wildman–Crippen MR) is 52.3 cm³/mol. The zero-order valence-corrected chi connectivity index (χ0v) is 8.16. The standard InChI is InChI=1S/C9H5FN2O2S/c10-6-3-1-5(2-4-6)7-8(9(13)14)12-15-11-7/h1-4H,(H,13,14). The van der Waals surface area contributed by atoms with Gasteiger partial charge in [-0.3, -0.25) is 0 Å². The number of halogens is 1. The SMILES string of the molecule is O=C(O)c1nsnc1-c1ccc(F)cc1. The highest BCUT2D eigenvalue weighted by Crippen LogP contribution is 2.21. The van der Waals surface area contributed by atoms with Gasteiger partial charge < -0.3 is 5.11 Å². The minimum atomic E-state index is -1.14. The topological polar surface area (TPSA) is 63.1 Å². The summed E-state index contributed by atoms with van der Waals surface area (Å²) in [6.45, 7) is 0. The highest BCUT2D eigenvalue weighted by Gasteiger charge is 2.16. The predicted octanol–water partition coefficient (Wildman–Crippen LogP) is 2.04. The number of nitrogens with zero attached hydrogens (tertiary/aromatic N) is 2. The van der Waals surface area contributed by atoms with Gasteiger partial charge in [-0.05, 0) is 24.3 Å². The molecule has 0 aliphatic heterocycles. The molecule has 2 aromatic rings. The molecule has 1 aromatic heterocycles. The van der Waals surface area contributed by atoms with E-state index in [9.17, 15) is 9.18 Å². The Balaban J connectivity index is 2.49. The van der Waals surface area contributed by atoms with Crippen molar-refractivity contribution in [3.8, 4) is 11.3 Å². The van der Waals surface area contributed by atoms with Gasteiger partial charge >= 0.3 is 5.97 Å². The summed E-state index contributed by atoms with van der Waals surface area (Å²) in [5.41, 5.74) is 0.710. The Morgan fingerprint density at radius 2 is 1.93 bits per heavy atom. The lowest BCUT2D eigenvalue weighted by Crippen LogP contribution is -1.98. The third kappa shape index (κ3) is 1.84. The van der Waals surface area contributed by atoms with Crippen LogP contribution >= 0.6 is 11.7 Å². The lowest BCUT2D eigenvalue weighted by atomic mass is 10.1. The second-order valence-corrected chi connectivity index (χ2v) is 3.30. The average molecular weight is 224 g/mol. The van der Waals surface area contributed by atoms with Gasteiger partial charge in [0.25, 0.3) is 0 Å². The van der Waals surface area contributed by atoms with E-state index in [0.29, 0.717) is 5.56 Å². The zero-order chi connectivity index (χ0) is 10.8. The molecule has 0 bridgehead atoms. The quantitative estimate of drug-likeness (QED) is 0.847. The van der Waals surface area contributed by atoms with E-state index in [1.165, 1.54) is 24.3 Å². The van der Waals surface area contributed by atoms with Crippen LogP contribution in [-0.4, -0.2) is 19.8 Å². The Labute approximate surface area is 88.3 Å². The van der Waals surface area contributed by atoms with Crippen molar-refractivity contribution in [3.63, 3.8) is 0 Å². The van der Waals surface area contributed by atoms with Gasteiger partial charge in [-0.25, -0.2) is 9.18 Å². The van der Waals surface area contributed by atoms with Gasteiger partial charge in [-0.1, -0.05) is 0 Å². The van der Waals surface area contributed by atoms with Crippen LogP contribution in [0.3, 0.4) is 0 Å². The monoisotopic (exact) mass is 224 g/mol. The third-order valence-corrected chi connectivity index (χ3v) is 2.34. The van der Waals surface area contributed by atoms with E-state index in [1.54, 1.807) is 0 Å². The number of rotatable bonds is 2. The number of aromatic carboxylic acids is 1. The molecule has 0 amide bonds. The van der Waals surface area contributed by atoms with E-state index in [2.05, 4.69) is 8.75 Å².